The maximum atomic E-state index is 13.1. The Hall–Kier alpha value is -1.79. The number of methoxy groups -OCH3 is 1. The van der Waals surface area contributed by atoms with Crippen LogP contribution in [0.25, 0.3) is 0 Å². The molecule has 5 nitrogen and oxygen atoms in total. The Kier molecular flexibility index (Phi) is 10.3. The molecule has 0 radical (unpaired) electrons. The number of amides is 1. The van der Waals surface area contributed by atoms with Crippen molar-refractivity contribution in [2.24, 2.45) is 17.8 Å². The summed E-state index contributed by atoms with van der Waals surface area (Å²) in [4.78, 5) is 27.7. The summed E-state index contributed by atoms with van der Waals surface area (Å²) in [6.45, 7) is 3.04. The van der Waals surface area contributed by atoms with Gasteiger partial charge in [-0.3, -0.25) is 9.59 Å². The number of Topliss-reactive ketones (excluding diaryl/α,β-unsaturated/α-hetero) is 1. The number of nitrogens with one attached hydrogen (secondary N) is 1. The number of ketones is 1. The highest BCUT2D eigenvalue weighted by Crippen LogP contribution is 2.30. The predicted octanol–water partition coefficient (Wildman–Crippen LogP) is 5.77. The van der Waals surface area contributed by atoms with Gasteiger partial charge >= 0.3 is 0 Å². The first-order valence-corrected chi connectivity index (χ1v) is 14.3. The Morgan fingerprint density at radius 2 is 1.50 bits per heavy atom. The minimum atomic E-state index is -0.297. The Balaban J connectivity index is 1.06. The van der Waals surface area contributed by atoms with Crippen LogP contribution in [0.2, 0.25) is 0 Å². The lowest BCUT2D eigenvalue weighted by Crippen LogP contribution is -2.39. The van der Waals surface area contributed by atoms with Gasteiger partial charge in [-0.15, -0.1) is 0 Å². The number of rotatable bonds is 10. The maximum absolute atomic E-state index is 13.1. The fourth-order valence-electron chi connectivity index (χ4n) is 6.52. The first-order valence-electron chi connectivity index (χ1n) is 14.3. The molecule has 36 heavy (non-hydrogen) atoms. The molecule has 1 aromatic carbocycles. The number of hydrogen-bond donors (Lipinski definition) is 1. The molecule has 0 unspecified atom stereocenters. The van der Waals surface area contributed by atoms with Crippen LogP contribution in [0.4, 0.5) is 4.39 Å². The van der Waals surface area contributed by atoms with E-state index in [4.69, 9.17) is 4.74 Å². The first-order chi connectivity index (χ1) is 17.5. The maximum Gasteiger partial charge on any atom is 0.220 e. The van der Waals surface area contributed by atoms with Gasteiger partial charge in [0, 0.05) is 31.1 Å². The smallest absolute Gasteiger partial charge is 0.220 e. The standard InChI is InChI=1S/C30H45FN2O3/c1-36-28-13-4-22(5-14-28)6-15-29(34)32-27-11-2-23(3-12-27)16-19-33-20-17-25(18-21-33)30(35)24-7-9-26(31)10-8-24/h7-10,22-23,25,27-28H,2-6,11-21H2,1H3,(H,32,34)/t22?,23-,27-,28?. The van der Waals surface area contributed by atoms with Crippen LogP contribution >= 0.6 is 0 Å². The van der Waals surface area contributed by atoms with Crippen LogP contribution in [-0.4, -0.2) is 55.5 Å². The predicted molar refractivity (Wildman–Crippen MR) is 140 cm³/mol. The second-order valence-electron chi connectivity index (χ2n) is 11.5. The van der Waals surface area contributed by atoms with Crippen LogP contribution in [-0.2, 0) is 9.53 Å². The SMILES string of the molecule is COC1CCC(CCC(=O)N[C@H]2CC[C@H](CCN3CCC(C(=O)c4ccc(F)cc4)CC3)CC2)CC1. The van der Waals surface area contributed by atoms with E-state index < -0.39 is 0 Å². The molecule has 1 aliphatic heterocycles. The van der Waals surface area contributed by atoms with E-state index in [0.29, 0.717) is 30.0 Å². The van der Waals surface area contributed by atoms with Gasteiger partial charge in [0.15, 0.2) is 5.78 Å². The lowest BCUT2D eigenvalue weighted by atomic mass is 9.83. The summed E-state index contributed by atoms with van der Waals surface area (Å²) < 4.78 is 18.6. The molecule has 3 aliphatic rings. The van der Waals surface area contributed by atoms with Gasteiger partial charge in [-0.1, -0.05) is 0 Å². The van der Waals surface area contributed by atoms with Crippen molar-refractivity contribution in [3.8, 4) is 0 Å². The van der Waals surface area contributed by atoms with E-state index in [0.717, 1.165) is 70.5 Å². The summed E-state index contributed by atoms with van der Waals surface area (Å²) in [7, 11) is 1.80. The summed E-state index contributed by atoms with van der Waals surface area (Å²) in [5, 5.41) is 3.31. The van der Waals surface area contributed by atoms with Crippen molar-refractivity contribution in [2.45, 2.75) is 95.6 Å². The summed E-state index contributed by atoms with van der Waals surface area (Å²) in [5.74, 6) is 1.59. The Morgan fingerprint density at radius 3 is 2.14 bits per heavy atom. The molecule has 0 atom stereocenters. The zero-order valence-electron chi connectivity index (χ0n) is 22.1. The number of halogens is 1. The highest BCUT2D eigenvalue weighted by atomic mass is 19.1. The van der Waals surface area contributed by atoms with E-state index in [-0.39, 0.29) is 23.4 Å². The molecule has 2 aliphatic carbocycles. The van der Waals surface area contributed by atoms with Crippen LogP contribution in [0.15, 0.2) is 24.3 Å². The second-order valence-corrected chi connectivity index (χ2v) is 11.5. The average molecular weight is 501 g/mol. The monoisotopic (exact) mass is 500 g/mol. The molecule has 200 valence electrons. The number of piperidine rings is 1. The van der Waals surface area contributed by atoms with Crippen LogP contribution in [0.3, 0.4) is 0 Å². The van der Waals surface area contributed by atoms with Gasteiger partial charge in [0.25, 0.3) is 0 Å². The molecule has 0 spiro atoms. The van der Waals surface area contributed by atoms with Crippen LogP contribution in [0.1, 0.15) is 93.8 Å². The fourth-order valence-corrected chi connectivity index (χ4v) is 6.52. The molecule has 0 bridgehead atoms. The summed E-state index contributed by atoms with van der Waals surface area (Å²) in [6.07, 6.45) is 14.4. The third-order valence-electron chi connectivity index (χ3n) is 9.06. The number of carbonyl (C=O) groups is 2. The van der Waals surface area contributed by atoms with Crippen molar-refractivity contribution in [1.82, 2.24) is 10.2 Å². The van der Waals surface area contributed by atoms with Crippen molar-refractivity contribution in [3.63, 3.8) is 0 Å². The summed E-state index contributed by atoms with van der Waals surface area (Å²) >= 11 is 0. The average Bonchev–Trinajstić information content (AvgIpc) is 2.92. The Labute approximate surface area is 216 Å². The highest BCUT2D eigenvalue weighted by Gasteiger charge is 2.28. The van der Waals surface area contributed by atoms with E-state index in [9.17, 15) is 14.0 Å². The first kappa shape index (κ1) is 27.3. The van der Waals surface area contributed by atoms with E-state index >= 15 is 0 Å². The Bertz CT molecular complexity index is 821. The lowest BCUT2D eigenvalue weighted by molar-refractivity contribution is -0.122. The molecular formula is C30H45FN2O3. The van der Waals surface area contributed by atoms with Gasteiger partial charge in [0.2, 0.25) is 5.91 Å². The third-order valence-corrected chi connectivity index (χ3v) is 9.06. The molecule has 4 rings (SSSR count). The van der Waals surface area contributed by atoms with Gasteiger partial charge in [0.1, 0.15) is 5.82 Å². The van der Waals surface area contributed by atoms with Crippen molar-refractivity contribution in [3.05, 3.63) is 35.6 Å². The third kappa shape index (κ3) is 8.11. The Morgan fingerprint density at radius 1 is 0.889 bits per heavy atom. The van der Waals surface area contributed by atoms with Crippen LogP contribution < -0.4 is 5.32 Å². The number of hydrogen-bond acceptors (Lipinski definition) is 4. The summed E-state index contributed by atoms with van der Waals surface area (Å²) in [6, 6.07) is 6.31. The molecule has 1 saturated heterocycles. The molecule has 1 N–H and O–H groups in total. The van der Waals surface area contributed by atoms with Crippen molar-refractivity contribution >= 4 is 11.7 Å². The van der Waals surface area contributed by atoms with Gasteiger partial charge in [-0.2, -0.15) is 0 Å². The second kappa shape index (κ2) is 13.7. The van der Waals surface area contributed by atoms with E-state index in [1.54, 1.807) is 19.2 Å². The van der Waals surface area contributed by atoms with Crippen molar-refractivity contribution in [2.75, 3.05) is 26.7 Å². The number of likely N-dealkylation sites (tertiary alicyclic amines) is 1. The van der Waals surface area contributed by atoms with Gasteiger partial charge in [-0.05, 0) is 133 Å². The van der Waals surface area contributed by atoms with Crippen molar-refractivity contribution < 1.29 is 18.7 Å². The molecule has 1 aromatic rings. The number of nitrogens with zero attached hydrogens (tertiary/aromatic N) is 1. The van der Waals surface area contributed by atoms with Gasteiger partial charge in [0.05, 0.1) is 6.10 Å². The minimum absolute atomic E-state index is 0.0612. The normalized spacial score (nSPS) is 28.1. The minimum Gasteiger partial charge on any atom is -0.381 e. The highest BCUT2D eigenvalue weighted by molar-refractivity contribution is 5.97. The van der Waals surface area contributed by atoms with Crippen LogP contribution in [0.5, 0.6) is 0 Å². The quantitative estimate of drug-likeness (QED) is 0.414. The van der Waals surface area contributed by atoms with Crippen molar-refractivity contribution in [1.29, 1.82) is 0 Å². The zero-order valence-corrected chi connectivity index (χ0v) is 22.1. The van der Waals surface area contributed by atoms with Gasteiger partial charge in [-0.25, -0.2) is 4.39 Å². The molecule has 6 heteroatoms. The molecule has 1 heterocycles. The van der Waals surface area contributed by atoms with E-state index in [2.05, 4.69) is 10.2 Å². The molecule has 2 saturated carbocycles. The molecular weight excluding hydrogens is 455 g/mol. The fraction of sp³-hybridized carbons (Fsp3) is 0.733. The largest absolute Gasteiger partial charge is 0.381 e. The van der Waals surface area contributed by atoms with E-state index in [1.807, 2.05) is 0 Å². The molecule has 3 fully saturated rings. The number of benzene rings is 1. The number of ether oxygens (including phenoxy) is 1. The van der Waals surface area contributed by atoms with Crippen LogP contribution in [0, 0.1) is 23.6 Å². The zero-order chi connectivity index (χ0) is 25.3. The lowest BCUT2D eigenvalue weighted by Gasteiger charge is -2.34. The summed E-state index contributed by atoms with van der Waals surface area (Å²) in [5.41, 5.74) is 0.632. The van der Waals surface area contributed by atoms with Gasteiger partial charge < -0.3 is 15.0 Å². The molecule has 0 aromatic heterocycles. The topological polar surface area (TPSA) is 58.6 Å². The van der Waals surface area contributed by atoms with E-state index in [1.165, 1.54) is 44.2 Å². The molecule has 1 amide bonds. The number of carbonyl (C=O) groups excluding carboxylic acids is 2.